The summed E-state index contributed by atoms with van der Waals surface area (Å²) in [5.74, 6) is -0.877. The molecule has 0 aliphatic rings. The molecule has 0 radical (unpaired) electrons. The van der Waals surface area contributed by atoms with Crippen molar-refractivity contribution in [2.75, 3.05) is 13.6 Å². The van der Waals surface area contributed by atoms with E-state index in [0.717, 1.165) is 12.1 Å². The van der Waals surface area contributed by atoms with E-state index in [1.807, 2.05) is 25.3 Å². The largest absolute Gasteiger partial charge is 0.481 e. The number of rotatable bonds is 5. The van der Waals surface area contributed by atoms with E-state index in [1.165, 1.54) is 0 Å². The molecular formula is C12H14ClNO2. The van der Waals surface area contributed by atoms with Crippen molar-refractivity contribution in [3.8, 4) is 0 Å². The molecule has 0 fully saturated rings. The number of nitrogens with one attached hydrogen (secondary N) is 1. The van der Waals surface area contributed by atoms with Crippen LogP contribution in [-0.2, 0) is 11.2 Å². The van der Waals surface area contributed by atoms with Gasteiger partial charge in [-0.15, -0.1) is 0 Å². The van der Waals surface area contributed by atoms with Crippen LogP contribution in [0.3, 0.4) is 0 Å². The Morgan fingerprint density at radius 2 is 2.31 bits per heavy atom. The standard InChI is InChI=1S/C12H14ClNO2/c1-14-6-2-3-9-4-5-11(13)10(7-9)8-12(15)16/h2-5,7,14H,6,8H2,1H3,(H,15,16). The maximum Gasteiger partial charge on any atom is 0.307 e. The fraction of sp³-hybridized carbons (Fsp3) is 0.250. The molecule has 1 aromatic rings. The Balaban J connectivity index is 2.84. The zero-order valence-corrected chi connectivity index (χ0v) is 9.79. The smallest absolute Gasteiger partial charge is 0.307 e. The third-order valence-corrected chi connectivity index (χ3v) is 2.41. The lowest BCUT2D eigenvalue weighted by atomic mass is 10.1. The predicted octanol–water partition coefficient (Wildman–Crippen LogP) is 2.20. The summed E-state index contributed by atoms with van der Waals surface area (Å²) < 4.78 is 0. The highest BCUT2D eigenvalue weighted by Crippen LogP contribution is 2.19. The number of hydrogen-bond donors (Lipinski definition) is 2. The minimum Gasteiger partial charge on any atom is -0.481 e. The summed E-state index contributed by atoms with van der Waals surface area (Å²) >= 11 is 5.90. The van der Waals surface area contributed by atoms with Gasteiger partial charge >= 0.3 is 5.97 Å². The Kier molecular flexibility index (Phi) is 5.02. The second-order valence-electron chi connectivity index (χ2n) is 3.38. The highest BCUT2D eigenvalue weighted by atomic mass is 35.5. The Bertz CT molecular complexity index is 402. The number of benzene rings is 1. The van der Waals surface area contributed by atoms with E-state index < -0.39 is 5.97 Å². The van der Waals surface area contributed by atoms with Gasteiger partial charge in [-0.2, -0.15) is 0 Å². The van der Waals surface area contributed by atoms with E-state index in [2.05, 4.69) is 5.32 Å². The molecule has 0 aliphatic carbocycles. The lowest BCUT2D eigenvalue weighted by molar-refractivity contribution is -0.136. The van der Waals surface area contributed by atoms with Crippen LogP contribution in [0.2, 0.25) is 5.02 Å². The Hall–Kier alpha value is -1.32. The van der Waals surface area contributed by atoms with Crippen LogP contribution in [0.25, 0.3) is 6.08 Å². The highest BCUT2D eigenvalue weighted by Gasteiger charge is 2.05. The monoisotopic (exact) mass is 239 g/mol. The molecule has 0 saturated carbocycles. The zero-order chi connectivity index (χ0) is 12.0. The first-order valence-corrected chi connectivity index (χ1v) is 5.32. The molecule has 16 heavy (non-hydrogen) atoms. The average molecular weight is 240 g/mol. The molecule has 0 atom stereocenters. The zero-order valence-electron chi connectivity index (χ0n) is 9.03. The van der Waals surface area contributed by atoms with Crippen LogP contribution in [0.15, 0.2) is 24.3 Å². The van der Waals surface area contributed by atoms with E-state index in [1.54, 1.807) is 12.1 Å². The maximum absolute atomic E-state index is 10.6. The molecule has 3 nitrogen and oxygen atoms in total. The molecule has 0 spiro atoms. The molecular weight excluding hydrogens is 226 g/mol. The van der Waals surface area contributed by atoms with Crippen molar-refractivity contribution < 1.29 is 9.90 Å². The minimum atomic E-state index is -0.877. The van der Waals surface area contributed by atoms with Crippen LogP contribution in [0.1, 0.15) is 11.1 Å². The highest BCUT2D eigenvalue weighted by molar-refractivity contribution is 6.31. The molecule has 1 aromatic carbocycles. The third-order valence-electron chi connectivity index (χ3n) is 2.04. The van der Waals surface area contributed by atoms with E-state index in [9.17, 15) is 4.79 Å². The Labute approximate surface area is 99.7 Å². The summed E-state index contributed by atoms with van der Waals surface area (Å²) in [6, 6.07) is 5.38. The van der Waals surface area contributed by atoms with Crippen LogP contribution in [-0.4, -0.2) is 24.7 Å². The van der Waals surface area contributed by atoms with Crippen molar-refractivity contribution in [2.24, 2.45) is 0 Å². The lowest BCUT2D eigenvalue weighted by Gasteiger charge is -2.02. The molecule has 2 N–H and O–H groups in total. The first-order chi connectivity index (χ1) is 7.63. The van der Waals surface area contributed by atoms with Crippen molar-refractivity contribution in [1.82, 2.24) is 5.32 Å². The summed E-state index contributed by atoms with van der Waals surface area (Å²) in [6.07, 6.45) is 3.85. The Morgan fingerprint density at radius 1 is 1.56 bits per heavy atom. The number of aliphatic carboxylic acids is 1. The van der Waals surface area contributed by atoms with E-state index in [4.69, 9.17) is 16.7 Å². The topological polar surface area (TPSA) is 49.3 Å². The molecule has 0 heterocycles. The van der Waals surface area contributed by atoms with Gasteiger partial charge in [0, 0.05) is 11.6 Å². The molecule has 4 heteroatoms. The maximum atomic E-state index is 10.6. The molecule has 0 aliphatic heterocycles. The van der Waals surface area contributed by atoms with Gasteiger partial charge in [-0.05, 0) is 30.3 Å². The van der Waals surface area contributed by atoms with E-state index in [0.29, 0.717) is 10.6 Å². The summed E-state index contributed by atoms with van der Waals surface area (Å²) in [5, 5.41) is 12.2. The summed E-state index contributed by atoms with van der Waals surface area (Å²) in [7, 11) is 1.86. The quantitative estimate of drug-likeness (QED) is 0.828. The van der Waals surface area contributed by atoms with Gasteiger partial charge in [0.25, 0.3) is 0 Å². The average Bonchev–Trinajstić information content (AvgIpc) is 2.22. The lowest BCUT2D eigenvalue weighted by Crippen LogP contribution is -2.03. The van der Waals surface area contributed by atoms with E-state index >= 15 is 0 Å². The Morgan fingerprint density at radius 3 is 2.94 bits per heavy atom. The van der Waals surface area contributed by atoms with Gasteiger partial charge in [0.2, 0.25) is 0 Å². The van der Waals surface area contributed by atoms with Gasteiger partial charge < -0.3 is 10.4 Å². The van der Waals surface area contributed by atoms with E-state index in [-0.39, 0.29) is 6.42 Å². The molecule has 0 unspecified atom stereocenters. The third kappa shape index (κ3) is 4.04. The molecule has 86 valence electrons. The van der Waals surface area contributed by atoms with Crippen molar-refractivity contribution in [3.63, 3.8) is 0 Å². The van der Waals surface area contributed by atoms with Crippen LogP contribution in [0, 0.1) is 0 Å². The van der Waals surface area contributed by atoms with Gasteiger partial charge in [0.1, 0.15) is 0 Å². The number of carbonyl (C=O) groups is 1. The van der Waals surface area contributed by atoms with Crippen LogP contribution in [0.5, 0.6) is 0 Å². The van der Waals surface area contributed by atoms with Crippen molar-refractivity contribution in [2.45, 2.75) is 6.42 Å². The van der Waals surface area contributed by atoms with Gasteiger partial charge in [0.15, 0.2) is 0 Å². The van der Waals surface area contributed by atoms with Gasteiger partial charge in [-0.3, -0.25) is 4.79 Å². The minimum absolute atomic E-state index is 0.0491. The number of carboxylic acids is 1. The summed E-state index contributed by atoms with van der Waals surface area (Å²) in [4.78, 5) is 10.6. The fourth-order valence-corrected chi connectivity index (χ4v) is 1.49. The molecule has 0 saturated heterocycles. The normalized spacial score (nSPS) is 10.9. The molecule has 0 bridgehead atoms. The predicted molar refractivity (Wildman–Crippen MR) is 65.8 cm³/mol. The first-order valence-electron chi connectivity index (χ1n) is 4.95. The molecule has 1 rings (SSSR count). The van der Waals surface area contributed by atoms with Crippen LogP contribution in [0.4, 0.5) is 0 Å². The SMILES string of the molecule is CNCC=Cc1ccc(Cl)c(CC(=O)O)c1. The number of halogens is 1. The fourth-order valence-electron chi connectivity index (χ4n) is 1.31. The number of likely N-dealkylation sites (N-methyl/N-ethyl adjacent to an activating group) is 1. The number of hydrogen-bond acceptors (Lipinski definition) is 2. The second kappa shape index (κ2) is 6.30. The van der Waals surface area contributed by atoms with Crippen molar-refractivity contribution in [1.29, 1.82) is 0 Å². The van der Waals surface area contributed by atoms with Crippen molar-refractivity contribution >= 4 is 23.6 Å². The summed E-state index contributed by atoms with van der Waals surface area (Å²) in [5.41, 5.74) is 1.59. The van der Waals surface area contributed by atoms with Gasteiger partial charge in [-0.1, -0.05) is 29.8 Å². The van der Waals surface area contributed by atoms with Gasteiger partial charge in [0.05, 0.1) is 6.42 Å². The number of carboxylic acid groups (broad SMARTS) is 1. The van der Waals surface area contributed by atoms with Crippen LogP contribution >= 0.6 is 11.6 Å². The molecule has 0 aromatic heterocycles. The van der Waals surface area contributed by atoms with Gasteiger partial charge in [-0.25, -0.2) is 0 Å². The first kappa shape index (κ1) is 12.7. The van der Waals surface area contributed by atoms with Crippen molar-refractivity contribution in [3.05, 3.63) is 40.4 Å². The second-order valence-corrected chi connectivity index (χ2v) is 3.79. The molecule has 0 amide bonds. The van der Waals surface area contributed by atoms with Crippen LogP contribution < -0.4 is 5.32 Å². The summed E-state index contributed by atoms with van der Waals surface area (Å²) in [6.45, 7) is 0.775.